The summed E-state index contributed by atoms with van der Waals surface area (Å²) in [6, 6.07) is 0. The molecule has 0 aromatic carbocycles. The van der Waals surface area contributed by atoms with Crippen LogP contribution in [0.2, 0.25) is 0 Å². The molecular weight excluding hydrogens is 523 g/mol. The number of carbonyl (C=O) groups is 1. The quantitative estimate of drug-likeness (QED) is 0.328. The highest BCUT2D eigenvalue weighted by atomic mass is 127. The molecule has 2 saturated heterocycles. The Hall–Kier alpha value is -0.940. The minimum absolute atomic E-state index is 0. The number of guanidine groups is 1. The standard InChI is InChI=1S/C22H38N6OS.HI/c1-5-23-22(24-7-6-20-25-13-19(4)30-20)27-10-8-26(9-11-27)16-21(29)28-14-17(2)12-18(3)15-28;/h13,17-18H,5-12,14-16H2,1-4H3,(H,23,24);1H. The van der Waals surface area contributed by atoms with Crippen LogP contribution in [-0.4, -0.2) is 90.5 Å². The van der Waals surface area contributed by atoms with Crippen molar-refractivity contribution < 1.29 is 4.79 Å². The van der Waals surface area contributed by atoms with Crippen LogP contribution < -0.4 is 5.32 Å². The Kier molecular flexibility index (Phi) is 11.0. The maximum atomic E-state index is 12.8. The molecule has 2 aliphatic rings. The van der Waals surface area contributed by atoms with Crippen molar-refractivity contribution >= 4 is 47.2 Å². The summed E-state index contributed by atoms with van der Waals surface area (Å²) in [5.74, 6) is 2.50. The summed E-state index contributed by atoms with van der Waals surface area (Å²) in [5, 5.41) is 4.58. The number of amides is 1. The van der Waals surface area contributed by atoms with Crippen LogP contribution in [0.1, 0.15) is 37.1 Å². The molecule has 2 unspecified atom stereocenters. The smallest absolute Gasteiger partial charge is 0.236 e. The minimum atomic E-state index is 0. The lowest BCUT2D eigenvalue weighted by atomic mass is 9.92. The van der Waals surface area contributed by atoms with Gasteiger partial charge in [-0.25, -0.2) is 4.98 Å². The molecule has 1 aromatic rings. The Morgan fingerprint density at radius 2 is 1.87 bits per heavy atom. The number of nitrogens with one attached hydrogen (secondary N) is 1. The number of piperidine rings is 1. The molecule has 2 aliphatic heterocycles. The predicted molar refractivity (Wildman–Crippen MR) is 139 cm³/mol. The highest BCUT2D eigenvalue weighted by molar-refractivity contribution is 14.0. The number of nitrogens with zero attached hydrogens (tertiary/aromatic N) is 5. The number of aryl methyl sites for hydroxylation is 1. The van der Waals surface area contributed by atoms with Crippen LogP contribution in [0.4, 0.5) is 0 Å². The van der Waals surface area contributed by atoms with Crippen molar-refractivity contribution in [1.82, 2.24) is 25.0 Å². The number of rotatable bonds is 6. The number of hydrogen-bond donors (Lipinski definition) is 1. The summed E-state index contributed by atoms with van der Waals surface area (Å²) >= 11 is 1.75. The second-order valence-electron chi connectivity index (χ2n) is 8.86. The summed E-state index contributed by atoms with van der Waals surface area (Å²) in [4.78, 5) is 30.0. The number of thiazole rings is 1. The molecule has 0 radical (unpaired) electrons. The van der Waals surface area contributed by atoms with E-state index < -0.39 is 0 Å². The maximum absolute atomic E-state index is 12.8. The van der Waals surface area contributed by atoms with E-state index in [1.54, 1.807) is 11.3 Å². The largest absolute Gasteiger partial charge is 0.357 e. The van der Waals surface area contributed by atoms with E-state index in [1.807, 2.05) is 6.20 Å². The molecule has 0 spiro atoms. The number of likely N-dealkylation sites (tertiary alicyclic amines) is 1. The first-order valence-electron chi connectivity index (χ1n) is 11.4. The molecule has 1 amide bonds. The Labute approximate surface area is 208 Å². The van der Waals surface area contributed by atoms with Gasteiger partial charge in [0, 0.05) is 69.9 Å². The Balaban J connectivity index is 0.00000341. The van der Waals surface area contributed by atoms with E-state index in [9.17, 15) is 4.79 Å². The monoisotopic (exact) mass is 562 g/mol. The van der Waals surface area contributed by atoms with Crippen molar-refractivity contribution in [1.29, 1.82) is 0 Å². The number of piperazine rings is 1. The van der Waals surface area contributed by atoms with Crippen molar-refractivity contribution in [3.8, 4) is 0 Å². The molecule has 3 rings (SSSR count). The first kappa shape index (κ1) is 26.3. The van der Waals surface area contributed by atoms with E-state index in [0.29, 0.717) is 24.3 Å². The van der Waals surface area contributed by atoms with Gasteiger partial charge in [-0.15, -0.1) is 35.3 Å². The van der Waals surface area contributed by atoms with Crippen molar-refractivity contribution in [2.24, 2.45) is 16.8 Å². The van der Waals surface area contributed by atoms with Gasteiger partial charge in [0.05, 0.1) is 11.6 Å². The first-order chi connectivity index (χ1) is 14.4. The summed E-state index contributed by atoms with van der Waals surface area (Å²) in [6.45, 7) is 16.3. The molecule has 0 saturated carbocycles. The second-order valence-corrected chi connectivity index (χ2v) is 10.2. The van der Waals surface area contributed by atoms with Gasteiger partial charge >= 0.3 is 0 Å². The zero-order chi connectivity index (χ0) is 21.5. The third-order valence-corrected chi connectivity index (χ3v) is 6.82. The van der Waals surface area contributed by atoms with E-state index in [0.717, 1.165) is 69.7 Å². The number of halogens is 1. The summed E-state index contributed by atoms with van der Waals surface area (Å²) in [7, 11) is 0. The summed E-state index contributed by atoms with van der Waals surface area (Å²) in [6.07, 6.45) is 4.05. The van der Waals surface area contributed by atoms with Gasteiger partial charge in [-0.3, -0.25) is 14.7 Å². The van der Waals surface area contributed by atoms with Crippen LogP contribution in [0, 0.1) is 18.8 Å². The number of carbonyl (C=O) groups excluding carboxylic acids is 1. The van der Waals surface area contributed by atoms with Crippen LogP contribution >= 0.6 is 35.3 Å². The van der Waals surface area contributed by atoms with Crippen LogP contribution in [0.3, 0.4) is 0 Å². The van der Waals surface area contributed by atoms with Crippen molar-refractivity contribution in [3.63, 3.8) is 0 Å². The molecule has 1 N–H and O–H groups in total. The molecule has 31 heavy (non-hydrogen) atoms. The van der Waals surface area contributed by atoms with Crippen LogP contribution in [-0.2, 0) is 11.2 Å². The van der Waals surface area contributed by atoms with Gasteiger partial charge in [0.15, 0.2) is 5.96 Å². The van der Waals surface area contributed by atoms with E-state index in [2.05, 4.69) is 52.7 Å². The molecule has 176 valence electrons. The van der Waals surface area contributed by atoms with E-state index in [-0.39, 0.29) is 24.0 Å². The molecule has 9 heteroatoms. The molecule has 3 heterocycles. The van der Waals surface area contributed by atoms with Crippen LogP contribution in [0.25, 0.3) is 0 Å². The summed E-state index contributed by atoms with van der Waals surface area (Å²) in [5.41, 5.74) is 0. The fourth-order valence-corrected chi connectivity index (χ4v) is 5.25. The predicted octanol–water partition coefficient (Wildman–Crippen LogP) is 2.70. The topological polar surface area (TPSA) is 64.1 Å². The lowest BCUT2D eigenvalue weighted by molar-refractivity contribution is -0.135. The van der Waals surface area contributed by atoms with E-state index >= 15 is 0 Å². The highest BCUT2D eigenvalue weighted by Gasteiger charge is 2.28. The Morgan fingerprint density at radius 3 is 2.45 bits per heavy atom. The highest BCUT2D eigenvalue weighted by Crippen LogP contribution is 2.21. The van der Waals surface area contributed by atoms with Gasteiger partial charge in [0.25, 0.3) is 0 Å². The van der Waals surface area contributed by atoms with E-state index in [4.69, 9.17) is 4.99 Å². The zero-order valence-electron chi connectivity index (χ0n) is 19.5. The van der Waals surface area contributed by atoms with Gasteiger partial charge in [0.1, 0.15) is 0 Å². The SMILES string of the molecule is CCNC(=NCCc1ncc(C)s1)N1CCN(CC(=O)N2CC(C)CC(C)C2)CC1.I. The van der Waals surface area contributed by atoms with Crippen molar-refractivity contribution in [2.45, 2.75) is 40.5 Å². The van der Waals surface area contributed by atoms with Gasteiger partial charge < -0.3 is 15.1 Å². The van der Waals surface area contributed by atoms with Crippen LogP contribution in [0.15, 0.2) is 11.2 Å². The minimum Gasteiger partial charge on any atom is -0.357 e. The van der Waals surface area contributed by atoms with Crippen molar-refractivity contribution in [3.05, 3.63) is 16.1 Å². The van der Waals surface area contributed by atoms with E-state index in [1.165, 1.54) is 11.3 Å². The number of hydrogen-bond acceptors (Lipinski definition) is 5. The third-order valence-electron chi connectivity index (χ3n) is 5.84. The molecule has 2 fully saturated rings. The lowest BCUT2D eigenvalue weighted by Gasteiger charge is -2.39. The van der Waals surface area contributed by atoms with Crippen molar-refractivity contribution in [2.75, 3.05) is 58.9 Å². The zero-order valence-corrected chi connectivity index (χ0v) is 22.6. The lowest BCUT2D eigenvalue weighted by Crippen LogP contribution is -2.55. The third kappa shape index (κ3) is 8.16. The second kappa shape index (κ2) is 12.9. The first-order valence-corrected chi connectivity index (χ1v) is 12.2. The fraction of sp³-hybridized carbons (Fsp3) is 0.773. The van der Waals surface area contributed by atoms with Crippen LogP contribution in [0.5, 0.6) is 0 Å². The molecule has 0 aliphatic carbocycles. The molecular formula is C22H39IN6OS. The van der Waals surface area contributed by atoms with Gasteiger partial charge in [0.2, 0.25) is 5.91 Å². The Morgan fingerprint density at radius 1 is 1.19 bits per heavy atom. The molecule has 7 nitrogen and oxygen atoms in total. The number of aromatic nitrogens is 1. The Bertz CT molecular complexity index is 709. The normalized spacial score (nSPS) is 22.9. The van der Waals surface area contributed by atoms with Gasteiger partial charge in [-0.05, 0) is 32.1 Å². The number of aliphatic imine (C=N–C) groups is 1. The molecule has 1 aromatic heterocycles. The molecule has 2 atom stereocenters. The average Bonchev–Trinajstić information content (AvgIpc) is 3.12. The van der Waals surface area contributed by atoms with Gasteiger partial charge in [-0.1, -0.05) is 13.8 Å². The summed E-state index contributed by atoms with van der Waals surface area (Å²) < 4.78 is 0. The van der Waals surface area contributed by atoms with Gasteiger partial charge in [-0.2, -0.15) is 0 Å². The fourth-order valence-electron chi connectivity index (χ4n) is 4.48. The average molecular weight is 563 g/mol. The molecule has 0 bridgehead atoms. The maximum Gasteiger partial charge on any atom is 0.236 e.